The van der Waals surface area contributed by atoms with Gasteiger partial charge in [0.1, 0.15) is 6.07 Å². The zero-order valence-corrected chi connectivity index (χ0v) is 19.3. The van der Waals surface area contributed by atoms with E-state index in [1.807, 2.05) is 48.5 Å². The van der Waals surface area contributed by atoms with Crippen molar-refractivity contribution in [1.29, 1.82) is 5.26 Å². The Bertz CT molecular complexity index is 1410. The van der Waals surface area contributed by atoms with Crippen LogP contribution in [0.4, 0.5) is 13.2 Å². The van der Waals surface area contributed by atoms with E-state index >= 15 is 0 Å². The summed E-state index contributed by atoms with van der Waals surface area (Å²) in [6.45, 7) is 1.37. The first-order valence-electron chi connectivity index (χ1n) is 11.1. The molecule has 1 unspecified atom stereocenters. The van der Waals surface area contributed by atoms with Crippen LogP contribution in [0.5, 0.6) is 0 Å². The highest BCUT2D eigenvalue weighted by Gasteiger charge is 2.33. The van der Waals surface area contributed by atoms with Gasteiger partial charge in [0.2, 0.25) is 0 Å². The van der Waals surface area contributed by atoms with E-state index in [2.05, 4.69) is 4.98 Å². The topological polar surface area (TPSA) is 63.0 Å². The molecule has 0 aliphatic heterocycles. The maximum atomic E-state index is 13.5. The van der Waals surface area contributed by atoms with Gasteiger partial charge in [-0.15, -0.1) is 0 Å². The Hall–Kier alpha value is -4.44. The van der Waals surface area contributed by atoms with Crippen LogP contribution in [-0.4, -0.2) is 17.6 Å². The molecule has 0 amide bonds. The average Bonchev–Trinajstić information content (AvgIpc) is 2.88. The fourth-order valence-electron chi connectivity index (χ4n) is 4.19. The summed E-state index contributed by atoms with van der Waals surface area (Å²) in [4.78, 5) is 16.5. The summed E-state index contributed by atoms with van der Waals surface area (Å²) >= 11 is 0. The number of benzene rings is 3. The van der Waals surface area contributed by atoms with Crippen LogP contribution in [0.25, 0.3) is 11.1 Å². The smallest absolute Gasteiger partial charge is 0.417 e. The normalized spacial score (nSPS) is 12.0. The third-order valence-corrected chi connectivity index (χ3v) is 5.81. The molecule has 36 heavy (non-hydrogen) atoms. The standard InChI is InChI=1S/C29H21F3N2O2/c1-19-17-23(18-34-27(19)28(35)36-16-15-33)26(21-7-3-2-4-8-21)22-13-11-20(12-14-22)24-9-5-6-10-25(24)29(30,31)32/h2-14,17-18,26H,16H2,1H3. The van der Waals surface area contributed by atoms with Crippen LogP contribution in [0, 0.1) is 18.3 Å². The lowest BCUT2D eigenvalue weighted by Gasteiger charge is -2.20. The van der Waals surface area contributed by atoms with Gasteiger partial charge in [0.15, 0.2) is 12.3 Å². The van der Waals surface area contributed by atoms with E-state index in [0.717, 1.165) is 22.8 Å². The van der Waals surface area contributed by atoms with E-state index in [0.29, 0.717) is 11.1 Å². The van der Waals surface area contributed by atoms with Gasteiger partial charge >= 0.3 is 12.1 Å². The molecule has 0 aliphatic carbocycles. The zero-order valence-electron chi connectivity index (χ0n) is 19.3. The molecule has 7 heteroatoms. The first-order valence-corrected chi connectivity index (χ1v) is 11.1. The van der Waals surface area contributed by atoms with E-state index < -0.39 is 17.7 Å². The van der Waals surface area contributed by atoms with E-state index in [-0.39, 0.29) is 23.8 Å². The van der Waals surface area contributed by atoms with Crippen LogP contribution < -0.4 is 0 Å². The Morgan fingerprint density at radius 3 is 2.22 bits per heavy atom. The number of hydrogen-bond acceptors (Lipinski definition) is 4. The van der Waals surface area contributed by atoms with Crippen molar-refractivity contribution < 1.29 is 22.7 Å². The number of aryl methyl sites for hydroxylation is 1. The summed E-state index contributed by atoms with van der Waals surface area (Å²) in [5.41, 5.74) is 3.23. The van der Waals surface area contributed by atoms with Crippen LogP contribution in [0.3, 0.4) is 0 Å². The Kier molecular flexibility index (Phi) is 7.16. The molecular weight excluding hydrogens is 465 g/mol. The summed E-state index contributed by atoms with van der Waals surface area (Å²) in [6, 6.07) is 25.7. The lowest BCUT2D eigenvalue weighted by atomic mass is 9.84. The average molecular weight is 486 g/mol. The predicted octanol–water partition coefficient (Wildman–Crippen LogP) is 6.94. The number of carbonyl (C=O) groups is 1. The molecule has 0 aliphatic rings. The molecule has 0 saturated carbocycles. The number of alkyl halides is 3. The SMILES string of the molecule is Cc1cc(C(c2ccccc2)c2ccc(-c3ccccc3C(F)(F)F)cc2)cnc1C(=O)OCC#N. The molecule has 0 spiro atoms. The molecule has 1 aromatic heterocycles. The van der Waals surface area contributed by atoms with Gasteiger partial charge in [0.25, 0.3) is 0 Å². The summed E-state index contributed by atoms with van der Waals surface area (Å²) < 4.78 is 45.4. The molecule has 0 radical (unpaired) electrons. The predicted molar refractivity (Wildman–Crippen MR) is 129 cm³/mol. The molecule has 0 saturated heterocycles. The maximum Gasteiger partial charge on any atom is 0.417 e. The number of halogens is 3. The quantitative estimate of drug-likeness (QED) is 0.277. The van der Waals surface area contributed by atoms with Gasteiger partial charge in [-0.3, -0.25) is 0 Å². The van der Waals surface area contributed by atoms with Crippen molar-refractivity contribution in [2.45, 2.75) is 19.0 Å². The number of hydrogen-bond donors (Lipinski definition) is 0. The van der Waals surface area contributed by atoms with Crippen LogP contribution >= 0.6 is 0 Å². The second-order valence-electron chi connectivity index (χ2n) is 8.18. The van der Waals surface area contributed by atoms with Gasteiger partial charge < -0.3 is 4.74 Å². The number of esters is 1. The molecule has 0 fully saturated rings. The van der Waals surface area contributed by atoms with Crippen LogP contribution in [0.2, 0.25) is 0 Å². The molecule has 3 aromatic carbocycles. The highest BCUT2D eigenvalue weighted by molar-refractivity contribution is 5.89. The fraction of sp³-hybridized carbons (Fsp3) is 0.138. The van der Waals surface area contributed by atoms with Crippen LogP contribution in [0.1, 0.15) is 44.2 Å². The van der Waals surface area contributed by atoms with Crippen LogP contribution in [0.15, 0.2) is 91.1 Å². The molecule has 4 rings (SSSR count). The highest BCUT2D eigenvalue weighted by Crippen LogP contribution is 2.38. The lowest BCUT2D eigenvalue weighted by Crippen LogP contribution is -2.12. The van der Waals surface area contributed by atoms with Gasteiger partial charge in [-0.2, -0.15) is 18.4 Å². The van der Waals surface area contributed by atoms with Gasteiger partial charge in [-0.1, -0.05) is 78.9 Å². The van der Waals surface area contributed by atoms with E-state index in [4.69, 9.17) is 10.00 Å². The van der Waals surface area contributed by atoms with Crippen molar-refractivity contribution in [2.75, 3.05) is 6.61 Å². The maximum absolute atomic E-state index is 13.5. The molecule has 1 atom stereocenters. The molecule has 180 valence electrons. The number of rotatable bonds is 6. The van der Waals surface area contributed by atoms with Crippen molar-refractivity contribution in [3.05, 3.63) is 125 Å². The van der Waals surface area contributed by atoms with E-state index in [1.165, 1.54) is 12.1 Å². The first kappa shape index (κ1) is 24.7. The van der Waals surface area contributed by atoms with Crippen molar-refractivity contribution >= 4 is 5.97 Å². The first-order chi connectivity index (χ1) is 17.3. The van der Waals surface area contributed by atoms with Gasteiger partial charge in [0, 0.05) is 12.1 Å². The second kappa shape index (κ2) is 10.4. The Morgan fingerprint density at radius 1 is 0.944 bits per heavy atom. The zero-order chi connectivity index (χ0) is 25.7. The number of nitriles is 1. The van der Waals surface area contributed by atoms with E-state index in [9.17, 15) is 18.0 Å². The Labute approximate surface area is 206 Å². The van der Waals surface area contributed by atoms with Gasteiger partial charge in [0.05, 0.1) is 5.56 Å². The van der Waals surface area contributed by atoms with Crippen molar-refractivity contribution in [1.82, 2.24) is 4.98 Å². The monoisotopic (exact) mass is 486 g/mol. The highest BCUT2D eigenvalue weighted by atomic mass is 19.4. The molecule has 1 heterocycles. The number of nitrogens with zero attached hydrogens (tertiary/aromatic N) is 2. The lowest BCUT2D eigenvalue weighted by molar-refractivity contribution is -0.137. The largest absolute Gasteiger partial charge is 0.446 e. The minimum absolute atomic E-state index is 0.116. The number of ether oxygens (including phenoxy) is 1. The third-order valence-electron chi connectivity index (χ3n) is 5.81. The van der Waals surface area contributed by atoms with E-state index in [1.54, 1.807) is 37.4 Å². The fourth-order valence-corrected chi connectivity index (χ4v) is 4.19. The minimum Gasteiger partial charge on any atom is -0.446 e. The number of aromatic nitrogens is 1. The van der Waals surface area contributed by atoms with Crippen molar-refractivity contribution in [3.8, 4) is 17.2 Å². The van der Waals surface area contributed by atoms with Crippen molar-refractivity contribution in [3.63, 3.8) is 0 Å². The molecular formula is C29H21F3N2O2. The summed E-state index contributed by atoms with van der Waals surface area (Å²) in [5.74, 6) is -0.946. The summed E-state index contributed by atoms with van der Waals surface area (Å²) in [5, 5.41) is 8.64. The van der Waals surface area contributed by atoms with Gasteiger partial charge in [-0.05, 0) is 46.4 Å². The van der Waals surface area contributed by atoms with Crippen LogP contribution in [-0.2, 0) is 10.9 Å². The number of pyridine rings is 1. The molecule has 4 nitrogen and oxygen atoms in total. The molecule has 0 bridgehead atoms. The number of carbonyl (C=O) groups excluding carboxylic acids is 1. The third kappa shape index (κ3) is 5.28. The summed E-state index contributed by atoms with van der Waals surface area (Å²) in [6.07, 6.45) is -2.87. The Balaban J connectivity index is 1.74. The minimum atomic E-state index is -4.46. The second-order valence-corrected chi connectivity index (χ2v) is 8.18. The molecule has 4 aromatic rings. The van der Waals surface area contributed by atoms with Crippen molar-refractivity contribution in [2.24, 2.45) is 0 Å². The summed E-state index contributed by atoms with van der Waals surface area (Å²) in [7, 11) is 0. The van der Waals surface area contributed by atoms with Gasteiger partial charge in [-0.25, -0.2) is 9.78 Å². The Morgan fingerprint density at radius 2 is 1.58 bits per heavy atom. The molecule has 0 N–H and O–H groups in total.